The predicted molar refractivity (Wildman–Crippen MR) is 201 cm³/mol. The summed E-state index contributed by atoms with van der Waals surface area (Å²) in [5.41, 5.74) is 5.33. The van der Waals surface area contributed by atoms with Crippen LogP contribution in [0.3, 0.4) is 0 Å². The minimum atomic E-state index is -4.37. The minimum absolute atomic E-state index is 0.0537. The molecule has 0 amide bonds. The van der Waals surface area contributed by atoms with Crippen LogP contribution in [-0.4, -0.2) is 49.3 Å². The Morgan fingerprint density at radius 2 is 1.00 bits per heavy atom. The van der Waals surface area contributed by atoms with Crippen molar-refractivity contribution in [2.45, 2.75) is 200 Å². The highest BCUT2D eigenvalue weighted by Crippen LogP contribution is 2.43. The predicted octanol–water partition coefficient (Wildman–Crippen LogP) is 11.1. The maximum Gasteiger partial charge on any atom is 0.472 e. The zero-order valence-corrected chi connectivity index (χ0v) is 32.6. The molecule has 0 aromatic carbocycles. The summed E-state index contributed by atoms with van der Waals surface area (Å²) in [5, 5.41) is 0. The first kappa shape index (κ1) is 47.8. The van der Waals surface area contributed by atoms with E-state index in [9.17, 15) is 19.0 Å². The van der Waals surface area contributed by atoms with Crippen LogP contribution in [0.1, 0.15) is 194 Å². The van der Waals surface area contributed by atoms with Crippen LogP contribution in [-0.2, 0) is 32.7 Å². The molecule has 0 aromatic rings. The molecule has 0 spiro atoms. The first-order valence-electron chi connectivity index (χ1n) is 20.2. The summed E-state index contributed by atoms with van der Waals surface area (Å²) in [6.45, 7) is 3.72. The lowest BCUT2D eigenvalue weighted by atomic mass is 10.0. The third-order valence-electron chi connectivity index (χ3n) is 8.65. The summed E-state index contributed by atoms with van der Waals surface area (Å²) < 4.78 is 32.7. The summed E-state index contributed by atoms with van der Waals surface area (Å²) >= 11 is 0. The van der Waals surface area contributed by atoms with E-state index in [1.807, 2.05) is 0 Å². The van der Waals surface area contributed by atoms with Crippen molar-refractivity contribution < 1.29 is 37.6 Å². The average molecular weight is 718 g/mol. The highest BCUT2D eigenvalue weighted by atomic mass is 31.2. The van der Waals surface area contributed by atoms with Crippen LogP contribution in [0, 0.1) is 0 Å². The lowest BCUT2D eigenvalue weighted by molar-refractivity contribution is -0.161. The summed E-state index contributed by atoms with van der Waals surface area (Å²) in [5.74, 6) is -0.847. The number of hydrogen-bond donors (Lipinski definition) is 2. The van der Waals surface area contributed by atoms with Gasteiger partial charge in [0.05, 0.1) is 13.2 Å². The Balaban J connectivity index is 4.20. The van der Waals surface area contributed by atoms with Gasteiger partial charge in [0.25, 0.3) is 0 Å². The monoisotopic (exact) mass is 718 g/mol. The van der Waals surface area contributed by atoms with E-state index in [0.717, 1.165) is 32.1 Å². The Morgan fingerprint density at radius 1 is 0.592 bits per heavy atom. The Morgan fingerprint density at radius 3 is 1.49 bits per heavy atom. The molecule has 0 saturated heterocycles. The van der Waals surface area contributed by atoms with Crippen LogP contribution in [0.25, 0.3) is 0 Å². The van der Waals surface area contributed by atoms with E-state index in [2.05, 4.69) is 26.0 Å². The molecule has 0 rings (SSSR count). The van der Waals surface area contributed by atoms with Gasteiger partial charge in [-0.2, -0.15) is 0 Å². The van der Waals surface area contributed by atoms with Crippen LogP contribution >= 0.6 is 7.82 Å². The molecule has 0 fully saturated rings. The zero-order chi connectivity index (χ0) is 36.1. The molecule has 0 saturated carbocycles. The smallest absolute Gasteiger partial charge is 0.462 e. The molecule has 0 aliphatic carbocycles. The van der Waals surface area contributed by atoms with E-state index in [4.69, 9.17) is 24.3 Å². The fraction of sp³-hybridized carbons (Fsp3) is 0.897. The standard InChI is InChI=1S/C39H76NO8P/c1-3-5-7-9-11-13-15-17-18-20-21-23-25-27-29-31-38(41)45-35-37(36-47-49(43,44)46-34-33-40)48-39(42)32-30-28-26-24-22-19-16-14-12-10-8-6-4-2/h21,23,37H,3-20,22,24-36,40H2,1-2H3,(H,43,44)/b23-21+/t37-/m1/s1. The summed E-state index contributed by atoms with van der Waals surface area (Å²) in [6, 6.07) is 0. The molecule has 0 radical (unpaired) electrons. The third-order valence-corrected chi connectivity index (χ3v) is 9.64. The van der Waals surface area contributed by atoms with Gasteiger partial charge < -0.3 is 20.1 Å². The van der Waals surface area contributed by atoms with Gasteiger partial charge in [-0.1, -0.05) is 154 Å². The first-order valence-corrected chi connectivity index (χ1v) is 21.7. The van der Waals surface area contributed by atoms with Crippen molar-refractivity contribution in [3.63, 3.8) is 0 Å². The molecular weight excluding hydrogens is 641 g/mol. The normalized spacial score (nSPS) is 13.5. The first-order chi connectivity index (χ1) is 23.8. The summed E-state index contributed by atoms with van der Waals surface area (Å²) in [7, 11) is -4.37. The van der Waals surface area contributed by atoms with Gasteiger partial charge >= 0.3 is 19.8 Å². The number of esters is 2. The molecule has 0 aliphatic heterocycles. The van der Waals surface area contributed by atoms with Crippen molar-refractivity contribution in [3.05, 3.63) is 12.2 Å². The maximum absolute atomic E-state index is 12.5. The van der Waals surface area contributed by atoms with Crippen LogP contribution in [0.5, 0.6) is 0 Å². The zero-order valence-electron chi connectivity index (χ0n) is 31.7. The van der Waals surface area contributed by atoms with E-state index in [-0.39, 0.29) is 32.6 Å². The van der Waals surface area contributed by atoms with Gasteiger partial charge in [0, 0.05) is 19.4 Å². The summed E-state index contributed by atoms with van der Waals surface area (Å²) in [4.78, 5) is 34.7. The molecule has 0 aromatic heterocycles. The van der Waals surface area contributed by atoms with E-state index < -0.39 is 32.5 Å². The molecule has 290 valence electrons. The molecule has 9 nitrogen and oxygen atoms in total. The van der Waals surface area contributed by atoms with Gasteiger partial charge in [0.15, 0.2) is 6.10 Å². The number of phosphoric acid groups is 1. The Bertz CT molecular complexity index is 825. The van der Waals surface area contributed by atoms with Crippen molar-refractivity contribution in [1.29, 1.82) is 0 Å². The van der Waals surface area contributed by atoms with Gasteiger partial charge in [0.2, 0.25) is 0 Å². The quantitative estimate of drug-likeness (QED) is 0.0277. The van der Waals surface area contributed by atoms with E-state index in [0.29, 0.717) is 12.8 Å². The van der Waals surface area contributed by atoms with Gasteiger partial charge in [-0.05, 0) is 38.5 Å². The van der Waals surface area contributed by atoms with Gasteiger partial charge in [0.1, 0.15) is 6.61 Å². The van der Waals surface area contributed by atoms with E-state index >= 15 is 0 Å². The molecule has 0 bridgehead atoms. The Labute approximate surface area is 300 Å². The Hall–Kier alpha value is -1.25. The second-order valence-electron chi connectivity index (χ2n) is 13.5. The fourth-order valence-electron chi connectivity index (χ4n) is 5.63. The van der Waals surface area contributed by atoms with Gasteiger partial charge in [-0.25, -0.2) is 4.57 Å². The molecular formula is C39H76NO8P. The minimum Gasteiger partial charge on any atom is -0.462 e. The molecule has 0 heterocycles. The van der Waals surface area contributed by atoms with Gasteiger partial charge in [-0.3, -0.25) is 18.6 Å². The van der Waals surface area contributed by atoms with Crippen LogP contribution in [0.2, 0.25) is 0 Å². The summed E-state index contributed by atoms with van der Waals surface area (Å²) in [6.07, 6.45) is 35.3. The van der Waals surface area contributed by atoms with Crippen molar-refractivity contribution in [2.75, 3.05) is 26.4 Å². The number of phosphoric ester groups is 1. The lowest BCUT2D eigenvalue weighted by Gasteiger charge is -2.19. The SMILES string of the molecule is CCCCCCCCCCC/C=C/CCCCC(=O)OC[C@H](COP(=O)(O)OCCN)OC(=O)CCCCCCCCCCCCCCC. The number of carbonyl (C=O) groups excluding carboxylic acids is 2. The van der Waals surface area contributed by atoms with Crippen molar-refractivity contribution in [1.82, 2.24) is 0 Å². The fourth-order valence-corrected chi connectivity index (χ4v) is 6.39. The number of allylic oxidation sites excluding steroid dienone is 2. The van der Waals surface area contributed by atoms with Crippen LogP contribution < -0.4 is 5.73 Å². The second kappa shape index (κ2) is 36.5. The third kappa shape index (κ3) is 36.3. The lowest BCUT2D eigenvalue weighted by Crippen LogP contribution is -2.29. The topological polar surface area (TPSA) is 134 Å². The highest BCUT2D eigenvalue weighted by molar-refractivity contribution is 7.47. The van der Waals surface area contributed by atoms with Crippen LogP contribution in [0.4, 0.5) is 0 Å². The Kier molecular flexibility index (Phi) is 35.6. The highest BCUT2D eigenvalue weighted by Gasteiger charge is 2.25. The molecule has 0 aliphatic rings. The molecule has 3 N–H and O–H groups in total. The number of rotatable bonds is 38. The van der Waals surface area contributed by atoms with Crippen molar-refractivity contribution >= 4 is 19.8 Å². The maximum atomic E-state index is 12.5. The van der Waals surface area contributed by atoms with Gasteiger partial charge in [-0.15, -0.1) is 0 Å². The van der Waals surface area contributed by atoms with Crippen molar-refractivity contribution in [3.8, 4) is 0 Å². The molecule has 10 heteroatoms. The number of ether oxygens (including phenoxy) is 2. The number of nitrogens with two attached hydrogens (primary N) is 1. The molecule has 2 atom stereocenters. The van der Waals surface area contributed by atoms with Crippen molar-refractivity contribution in [2.24, 2.45) is 5.73 Å². The van der Waals surface area contributed by atoms with Crippen LogP contribution in [0.15, 0.2) is 12.2 Å². The van der Waals surface area contributed by atoms with E-state index in [1.54, 1.807) is 0 Å². The molecule has 49 heavy (non-hydrogen) atoms. The number of unbranched alkanes of at least 4 members (excludes halogenated alkanes) is 23. The van der Waals surface area contributed by atoms with E-state index in [1.165, 1.54) is 122 Å². The molecule has 1 unspecified atom stereocenters. The average Bonchev–Trinajstić information content (AvgIpc) is 3.08. The number of hydrogen-bond acceptors (Lipinski definition) is 8. The number of carbonyl (C=O) groups is 2. The second-order valence-corrected chi connectivity index (χ2v) is 15.0. The largest absolute Gasteiger partial charge is 0.472 e.